The first kappa shape index (κ1) is 12.9. The third kappa shape index (κ3) is 4.49. The molecule has 1 saturated heterocycles. The minimum atomic E-state index is 0.288. The van der Waals surface area contributed by atoms with Gasteiger partial charge in [-0.25, -0.2) is 0 Å². The molecular formula is C12H26N2O. The van der Waals surface area contributed by atoms with Gasteiger partial charge in [-0.15, -0.1) is 0 Å². The van der Waals surface area contributed by atoms with E-state index in [1.165, 1.54) is 32.4 Å². The summed E-state index contributed by atoms with van der Waals surface area (Å²) in [4.78, 5) is 2.55. The molecule has 0 radical (unpaired) electrons. The van der Waals surface area contributed by atoms with Crippen LogP contribution in [0, 0.1) is 5.92 Å². The number of piperidine rings is 1. The molecule has 1 fully saturated rings. The van der Waals surface area contributed by atoms with E-state index >= 15 is 0 Å². The van der Waals surface area contributed by atoms with Crippen molar-refractivity contribution < 1.29 is 5.11 Å². The molecule has 0 aromatic heterocycles. The third-order valence-electron chi connectivity index (χ3n) is 3.54. The number of likely N-dealkylation sites (N-methyl/N-ethyl adjacent to an activating group) is 1. The summed E-state index contributed by atoms with van der Waals surface area (Å²) in [6.07, 6.45) is 4.91. The Bertz CT molecular complexity index is 164. The lowest BCUT2D eigenvalue weighted by molar-refractivity contribution is 0.148. The summed E-state index contributed by atoms with van der Waals surface area (Å²) in [6, 6.07) is 0.450. The van der Waals surface area contributed by atoms with E-state index in [2.05, 4.69) is 17.1 Å². The Kier molecular flexibility index (Phi) is 6.22. The maximum Gasteiger partial charge on any atom is 0.0446 e. The Morgan fingerprint density at radius 2 is 2.33 bits per heavy atom. The van der Waals surface area contributed by atoms with Crippen LogP contribution in [0.5, 0.6) is 0 Å². The summed E-state index contributed by atoms with van der Waals surface area (Å²) >= 11 is 0. The zero-order chi connectivity index (χ0) is 11.1. The highest BCUT2D eigenvalue weighted by molar-refractivity contribution is 4.76. The molecule has 0 bridgehead atoms. The van der Waals surface area contributed by atoms with Crippen molar-refractivity contribution in [1.82, 2.24) is 10.2 Å². The molecule has 2 N–H and O–H groups in total. The molecule has 15 heavy (non-hydrogen) atoms. The van der Waals surface area contributed by atoms with Gasteiger partial charge in [-0.05, 0) is 38.8 Å². The Balaban J connectivity index is 2.29. The molecule has 90 valence electrons. The monoisotopic (exact) mass is 214 g/mol. The van der Waals surface area contributed by atoms with E-state index in [-0.39, 0.29) is 6.61 Å². The standard InChI is InChI=1S/C12H26N2O/c1-3-11-5-4-7-14(9-11)10-12(13-2)6-8-15/h11-13,15H,3-10H2,1-2H3. The third-order valence-corrected chi connectivity index (χ3v) is 3.54. The largest absolute Gasteiger partial charge is 0.396 e. The van der Waals surface area contributed by atoms with Crippen LogP contribution in [0.25, 0.3) is 0 Å². The van der Waals surface area contributed by atoms with Crippen molar-refractivity contribution in [2.24, 2.45) is 5.92 Å². The number of hydrogen-bond donors (Lipinski definition) is 2. The second kappa shape index (κ2) is 7.20. The number of nitrogens with zero attached hydrogens (tertiary/aromatic N) is 1. The van der Waals surface area contributed by atoms with E-state index in [1.807, 2.05) is 7.05 Å². The quantitative estimate of drug-likeness (QED) is 0.694. The van der Waals surface area contributed by atoms with Gasteiger partial charge in [0.2, 0.25) is 0 Å². The lowest BCUT2D eigenvalue weighted by Gasteiger charge is -2.34. The van der Waals surface area contributed by atoms with Gasteiger partial charge in [0.25, 0.3) is 0 Å². The van der Waals surface area contributed by atoms with Gasteiger partial charge in [-0.2, -0.15) is 0 Å². The Morgan fingerprint density at radius 3 is 2.93 bits per heavy atom. The van der Waals surface area contributed by atoms with Gasteiger partial charge in [0.1, 0.15) is 0 Å². The fourth-order valence-corrected chi connectivity index (χ4v) is 2.44. The molecule has 0 aromatic carbocycles. The highest BCUT2D eigenvalue weighted by atomic mass is 16.3. The summed E-state index contributed by atoms with van der Waals surface area (Å²) in [7, 11) is 1.99. The fraction of sp³-hybridized carbons (Fsp3) is 1.00. The molecule has 3 heteroatoms. The molecule has 1 heterocycles. The number of aliphatic hydroxyl groups excluding tert-OH is 1. The van der Waals surface area contributed by atoms with Crippen molar-refractivity contribution in [3.63, 3.8) is 0 Å². The number of likely N-dealkylation sites (tertiary alicyclic amines) is 1. The van der Waals surface area contributed by atoms with Crippen molar-refractivity contribution in [3.05, 3.63) is 0 Å². The molecule has 0 amide bonds. The fourth-order valence-electron chi connectivity index (χ4n) is 2.44. The van der Waals surface area contributed by atoms with Gasteiger partial charge in [0, 0.05) is 25.7 Å². The number of nitrogens with one attached hydrogen (secondary N) is 1. The lowest BCUT2D eigenvalue weighted by atomic mass is 9.95. The molecule has 1 rings (SSSR count). The minimum absolute atomic E-state index is 0.288. The average molecular weight is 214 g/mol. The van der Waals surface area contributed by atoms with E-state index < -0.39 is 0 Å². The molecule has 1 aliphatic heterocycles. The average Bonchev–Trinajstić information content (AvgIpc) is 2.29. The molecule has 0 spiro atoms. The normalized spacial score (nSPS) is 25.4. The van der Waals surface area contributed by atoms with Gasteiger partial charge in [0.15, 0.2) is 0 Å². The first-order valence-corrected chi connectivity index (χ1v) is 6.30. The van der Waals surface area contributed by atoms with Crippen LogP contribution in [0.3, 0.4) is 0 Å². The number of aliphatic hydroxyl groups is 1. The van der Waals surface area contributed by atoms with Crippen LogP contribution in [0.1, 0.15) is 32.6 Å². The van der Waals surface area contributed by atoms with Crippen molar-refractivity contribution >= 4 is 0 Å². The number of rotatable bonds is 6. The smallest absolute Gasteiger partial charge is 0.0446 e. The van der Waals surface area contributed by atoms with Crippen molar-refractivity contribution in [2.75, 3.05) is 33.3 Å². The molecule has 1 aliphatic rings. The van der Waals surface area contributed by atoms with Crippen LogP contribution in [-0.2, 0) is 0 Å². The van der Waals surface area contributed by atoms with E-state index in [1.54, 1.807) is 0 Å². The Labute approximate surface area is 93.9 Å². The summed E-state index contributed by atoms with van der Waals surface area (Å²) < 4.78 is 0. The predicted octanol–water partition coefficient (Wildman–Crippen LogP) is 1.08. The maximum atomic E-state index is 8.94. The zero-order valence-corrected chi connectivity index (χ0v) is 10.2. The first-order valence-electron chi connectivity index (χ1n) is 6.30. The van der Waals surface area contributed by atoms with E-state index in [0.29, 0.717) is 6.04 Å². The van der Waals surface area contributed by atoms with Crippen LogP contribution < -0.4 is 5.32 Å². The summed E-state index contributed by atoms with van der Waals surface area (Å²) in [6.45, 7) is 6.15. The van der Waals surface area contributed by atoms with Gasteiger partial charge in [-0.1, -0.05) is 13.3 Å². The predicted molar refractivity (Wildman–Crippen MR) is 64.0 cm³/mol. The molecule has 3 nitrogen and oxygen atoms in total. The summed E-state index contributed by atoms with van der Waals surface area (Å²) in [5, 5.41) is 12.2. The van der Waals surface area contributed by atoms with Crippen LogP contribution in [-0.4, -0.2) is 49.3 Å². The van der Waals surface area contributed by atoms with E-state index in [4.69, 9.17) is 5.11 Å². The topological polar surface area (TPSA) is 35.5 Å². The molecule has 0 aromatic rings. The van der Waals surface area contributed by atoms with Gasteiger partial charge in [-0.3, -0.25) is 0 Å². The summed E-state index contributed by atoms with van der Waals surface area (Å²) in [5.41, 5.74) is 0. The van der Waals surface area contributed by atoms with Gasteiger partial charge < -0.3 is 15.3 Å². The SMILES string of the molecule is CCC1CCCN(CC(CCO)NC)C1. The van der Waals surface area contributed by atoms with Crippen molar-refractivity contribution in [1.29, 1.82) is 0 Å². The first-order chi connectivity index (χ1) is 7.30. The van der Waals surface area contributed by atoms with Gasteiger partial charge in [0.05, 0.1) is 0 Å². The Hall–Kier alpha value is -0.120. The highest BCUT2D eigenvalue weighted by Gasteiger charge is 2.20. The second-order valence-electron chi connectivity index (χ2n) is 4.67. The summed E-state index contributed by atoms with van der Waals surface area (Å²) in [5.74, 6) is 0.894. The molecular weight excluding hydrogens is 188 g/mol. The minimum Gasteiger partial charge on any atom is -0.396 e. The van der Waals surface area contributed by atoms with Crippen LogP contribution in [0.2, 0.25) is 0 Å². The number of hydrogen-bond acceptors (Lipinski definition) is 3. The zero-order valence-electron chi connectivity index (χ0n) is 10.2. The van der Waals surface area contributed by atoms with Crippen LogP contribution in [0.4, 0.5) is 0 Å². The molecule has 0 aliphatic carbocycles. The van der Waals surface area contributed by atoms with Crippen LogP contribution >= 0.6 is 0 Å². The molecule has 2 atom stereocenters. The van der Waals surface area contributed by atoms with E-state index in [0.717, 1.165) is 18.9 Å². The van der Waals surface area contributed by atoms with E-state index in [9.17, 15) is 0 Å². The maximum absolute atomic E-state index is 8.94. The highest BCUT2D eigenvalue weighted by Crippen LogP contribution is 2.19. The lowest BCUT2D eigenvalue weighted by Crippen LogP contribution is -2.44. The molecule has 0 saturated carbocycles. The van der Waals surface area contributed by atoms with Crippen LogP contribution in [0.15, 0.2) is 0 Å². The molecule has 2 unspecified atom stereocenters. The van der Waals surface area contributed by atoms with Crippen molar-refractivity contribution in [2.45, 2.75) is 38.6 Å². The Morgan fingerprint density at radius 1 is 1.53 bits per heavy atom. The second-order valence-corrected chi connectivity index (χ2v) is 4.67. The van der Waals surface area contributed by atoms with Crippen molar-refractivity contribution in [3.8, 4) is 0 Å². The van der Waals surface area contributed by atoms with Gasteiger partial charge >= 0.3 is 0 Å².